The number of nitrogens with one attached hydrogen (secondary N) is 3. The number of hydrogen-bond donors (Lipinski definition) is 4. The van der Waals surface area contributed by atoms with Crippen molar-refractivity contribution in [2.24, 2.45) is 11.1 Å². The maximum absolute atomic E-state index is 13.8. The number of ether oxygens (including phenoxy) is 1. The molecule has 3 amide bonds. The Morgan fingerprint density at radius 1 is 1.05 bits per heavy atom. The molecule has 200 valence electrons. The van der Waals surface area contributed by atoms with Gasteiger partial charge in [0.15, 0.2) is 0 Å². The average Bonchev–Trinajstić information content (AvgIpc) is 2.88. The van der Waals surface area contributed by atoms with Gasteiger partial charge in [-0.15, -0.1) is 0 Å². The highest BCUT2D eigenvalue weighted by Gasteiger charge is 2.44. The SMILES string of the molecule is CNNC(=O)C1(Cc2ccccc2)CCCN(C(=O)C(COCc2ccccc2)NC(=O)C(C)(C)N)C1. The summed E-state index contributed by atoms with van der Waals surface area (Å²) in [6, 6.07) is 18.5. The van der Waals surface area contributed by atoms with Crippen molar-refractivity contribution >= 4 is 17.7 Å². The van der Waals surface area contributed by atoms with E-state index in [1.165, 1.54) is 0 Å². The first-order valence-electron chi connectivity index (χ1n) is 12.7. The zero-order valence-electron chi connectivity index (χ0n) is 22.0. The number of carbonyl (C=O) groups excluding carboxylic acids is 3. The number of likely N-dealkylation sites (tertiary alicyclic amines) is 1. The van der Waals surface area contributed by atoms with Gasteiger partial charge in [0, 0.05) is 20.1 Å². The molecule has 2 unspecified atom stereocenters. The zero-order chi connectivity index (χ0) is 26.9. The van der Waals surface area contributed by atoms with Crippen LogP contribution in [-0.2, 0) is 32.1 Å². The number of nitrogens with zero attached hydrogens (tertiary/aromatic N) is 1. The van der Waals surface area contributed by atoms with Crippen molar-refractivity contribution in [3.05, 3.63) is 71.8 Å². The van der Waals surface area contributed by atoms with Crippen LogP contribution in [0, 0.1) is 5.41 Å². The van der Waals surface area contributed by atoms with Gasteiger partial charge in [0.05, 0.1) is 24.2 Å². The number of carbonyl (C=O) groups is 3. The molecule has 0 radical (unpaired) electrons. The van der Waals surface area contributed by atoms with Crippen LogP contribution in [0.15, 0.2) is 60.7 Å². The van der Waals surface area contributed by atoms with E-state index >= 15 is 0 Å². The van der Waals surface area contributed by atoms with Crippen LogP contribution in [-0.4, -0.2) is 60.9 Å². The maximum atomic E-state index is 13.8. The molecule has 37 heavy (non-hydrogen) atoms. The number of piperidine rings is 1. The lowest BCUT2D eigenvalue weighted by molar-refractivity contribution is -0.146. The summed E-state index contributed by atoms with van der Waals surface area (Å²) in [5, 5.41) is 2.78. The van der Waals surface area contributed by atoms with Gasteiger partial charge in [-0.3, -0.25) is 19.8 Å². The first kappa shape index (κ1) is 28.3. The Labute approximate surface area is 219 Å². The fraction of sp³-hybridized carbons (Fsp3) is 0.464. The molecule has 3 rings (SSSR count). The molecule has 2 aromatic rings. The highest BCUT2D eigenvalue weighted by Crippen LogP contribution is 2.34. The Morgan fingerprint density at radius 3 is 2.27 bits per heavy atom. The van der Waals surface area contributed by atoms with Gasteiger partial charge in [-0.2, -0.15) is 0 Å². The number of nitrogens with two attached hydrogens (primary N) is 1. The number of hydrogen-bond acceptors (Lipinski definition) is 6. The summed E-state index contributed by atoms with van der Waals surface area (Å²) >= 11 is 0. The fourth-order valence-corrected chi connectivity index (χ4v) is 4.57. The number of benzene rings is 2. The molecule has 1 saturated heterocycles. The lowest BCUT2D eigenvalue weighted by Crippen LogP contribution is -2.61. The van der Waals surface area contributed by atoms with Crippen molar-refractivity contribution in [3.63, 3.8) is 0 Å². The smallest absolute Gasteiger partial charge is 0.247 e. The molecule has 1 heterocycles. The lowest BCUT2D eigenvalue weighted by Gasteiger charge is -2.43. The Morgan fingerprint density at radius 2 is 1.68 bits per heavy atom. The first-order chi connectivity index (χ1) is 17.6. The zero-order valence-corrected chi connectivity index (χ0v) is 22.0. The van der Waals surface area contributed by atoms with Gasteiger partial charge in [-0.05, 0) is 44.2 Å². The largest absolute Gasteiger partial charge is 0.374 e. The van der Waals surface area contributed by atoms with Crippen molar-refractivity contribution in [3.8, 4) is 0 Å². The molecule has 1 fully saturated rings. The lowest BCUT2D eigenvalue weighted by atomic mass is 9.74. The van der Waals surface area contributed by atoms with Crippen LogP contribution in [0.1, 0.15) is 37.8 Å². The summed E-state index contributed by atoms with van der Waals surface area (Å²) in [5.41, 5.74) is 11.5. The van der Waals surface area contributed by atoms with Gasteiger partial charge in [-0.25, -0.2) is 5.43 Å². The molecule has 0 spiro atoms. The molecule has 1 aliphatic heterocycles. The molecule has 0 saturated carbocycles. The molecule has 2 aromatic carbocycles. The summed E-state index contributed by atoms with van der Waals surface area (Å²) < 4.78 is 5.85. The highest BCUT2D eigenvalue weighted by atomic mass is 16.5. The highest BCUT2D eigenvalue weighted by molar-refractivity contribution is 5.92. The van der Waals surface area contributed by atoms with Crippen LogP contribution in [0.2, 0.25) is 0 Å². The van der Waals surface area contributed by atoms with Gasteiger partial charge in [0.1, 0.15) is 6.04 Å². The van der Waals surface area contributed by atoms with E-state index in [2.05, 4.69) is 16.2 Å². The Hall–Kier alpha value is -3.27. The standard InChI is InChI=1S/C28H39N5O4/c1-27(2,29)25(35)31-23(19-37-18-22-13-8-5-9-14-22)24(34)33-16-10-15-28(20-33,26(36)32-30-3)17-21-11-6-4-7-12-21/h4-9,11-14,23,30H,10,15-20,29H2,1-3H3,(H,31,35)(H,32,36). The van der Waals surface area contributed by atoms with E-state index in [9.17, 15) is 14.4 Å². The van der Waals surface area contributed by atoms with Crippen LogP contribution in [0.25, 0.3) is 0 Å². The van der Waals surface area contributed by atoms with E-state index in [0.29, 0.717) is 32.4 Å². The van der Waals surface area contributed by atoms with E-state index in [1.807, 2.05) is 60.7 Å². The molecular weight excluding hydrogens is 470 g/mol. The number of hydrazine groups is 1. The molecule has 1 aliphatic rings. The van der Waals surface area contributed by atoms with E-state index < -0.39 is 22.9 Å². The number of rotatable bonds is 11. The van der Waals surface area contributed by atoms with Gasteiger partial charge in [0.2, 0.25) is 17.7 Å². The van der Waals surface area contributed by atoms with Crippen LogP contribution in [0.5, 0.6) is 0 Å². The van der Waals surface area contributed by atoms with Crippen LogP contribution < -0.4 is 21.9 Å². The maximum Gasteiger partial charge on any atom is 0.247 e. The minimum Gasteiger partial charge on any atom is -0.374 e. The average molecular weight is 510 g/mol. The minimum atomic E-state index is -1.16. The summed E-state index contributed by atoms with van der Waals surface area (Å²) in [5.74, 6) is -0.907. The van der Waals surface area contributed by atoms with E-state index in [1.54, 1.807) is 25.8 Å². The second-order valence-electron chi connectivity index (χ2n) is 10.3. The molecule has 5 N–H and O–H groups in total. The molecule has 9 heteroatoms. The van der Waals surface area contributed by atoms with Crippen molar-refractivity contribution < 1.29 is 19.1 Å². The fourth-order valence-electron chi connectivity index (χ4n) is 4.57. The Bertz CT molecular complexity index is 1040. The molecule has 0 bridgehead atoms. The van der Waals surface area contributed by atoms with Gasteiger partial charge >= 0.3 is 0 Å². The molecule has 2 atom stereocenters. The third-order valence-corrected chi connectivity index (χ3v) is 6.58. The van der Waals surface area contributed by atoms with Crippen molar-refractivity contribution in [1.29, 1.82) is 0 Å². The van der Waals surface area contributed by atoms with Gasteiger partial charge in [-0.1, -0.05) is 60.7 Å². The van der Waals surface area contributed by atoms with Crippen molar-refractivity contribution in [1.82, 2.24) is 21.1 Å². The van der Waals surface area contributed by atoms with Crippen LogP contribution in [0.4, 0.5) is 0 Å². The third kappa shape index (κ3) is 7.85. The van der Waals surface area contributed by atoms with E-state index in [-0.39, 0.29) is 25.0 Å². The normalized spacial score (nSPS) is 18.6. The third-order valence-electron chi connectivity index (χ3n) is 6.58. The minimum absolute atomic E-state index is 0.0134. The molecule has 9 nitrogen and oxygen atoms in total. The Balaban J connectivity index is 1.79. The predicted octanol–water partition coefficient (Wildman–Crippen LogP) is 1.53. The van der Waals surface area contributed by atoms with Crippen molar-refractivity contribution in [2.45, 2.75) is 51.3 Å². The van der Waals surface area contributed by atoms with Crippen LogP contribution >= 0.6 is 0 Å². The van der Waals surface area contributed by atoms with Gasteiger partial charge < -0.3 is 20.7 Å². The topological polar surface area (TPSA) is 126 Å². The van der Waals surface area contributed by atoms with Crippen LogP contribution in [0.3, 0.4) is 0 Å². The number of amides is 3. The monoisotopic (exact) mass is 509 g/mol. The second-order valence-corrected chi connectivity index (χ2v) is 10.3. The van der Waals surface area contributed by atoms with Crippen molar-refractivity contribution in [2.75, 3.05) is 26.7 Å². The van der Waals surface area contributed by atoms with Gasteiger partial charge in [0.25, 0.3) is 0 Å². The first-order valence-corrected chi connectivity index (χ1v) is 12.7. The molecule has 0 aliphatic carbocycles. The van der Waals surface area contributed by atoms with E-state index in [0.717, 1.165) is 11.1 Å². The summed E-state index contributed by atoms with van der Waals surface area (Å²) in [4.78, 5) is 41.4. The Kier molecular flexibility index (Phi) is 9.79. The summed E-state index contributed by atoms with van der Waals surface area (Å²) in [7, 11) is 1.64. The molecule has 0 aromatic heterocycles. The predicted molar refractivity (Wildman–Crippen MR) is 142 cm³/mol. The summed E-state index contributed by atoms with van der Waals surface area (Å²) in [6.07, 6.45) is 1.78. The molecular formula is C28H39N5O4. The second kappa shape index (κ2) is 12.8. The van der Waals surface area contributed by atoms with E-state index in [4.69, 9.17) is 10.5 Å². The quantitative estimate of drug-likeness (QED) is 0.341. The summed E-state index contributed by atoms with van der Waals surface area (Å²) in [6.45, 7) is 4.17.